The average Bonchev–Trinajstić information content (AvgIpc) is 2.88. The van der Waals surface area contributed by atoms with Crippen LogP contribution >= 0.6 is 0 Å². The highest BCUT2D eigenvalue weighted by molar-refractivity contribution is 5.72. The van der Waals surface area contributed by atoms with Crippen LogP contribution in [0.3, 0.4) is 0 Å². The number of benzene rings is 2. The lowest BCUT2D eigenvalue weighted by Gasteiger charge is -2.45. The van der Waals surface area contributed by atoms with E-state index < -0.39 is 12.4 Å². The summed E-state index contributed by atoms with van der Waals surface area (Å²) in [7, 11) is 0. The topological polar surface area (TPSA) is 54.0 Å². The predicted octanol–water partition coefficient (Wildman–Crippen LogP) is 6.69. The van der Waals surface area contributed by atoms with Gasteiger partial charge in [-0.25, -0.2) is 0 Å². The normalized spacial score (nSPS) is 24.4. The highest BCUT2D eigenvalue weighted by Crippen LogP contribution is 2.34. The quantitative estimate of drug-likeness (QED) is 0.298. The molecule has 0 N–H and O–H groups in total. The number of hydrogen-bond donors (Lipinski definition) is 0. The van der Waals surface area contributed by atoms with E-state index in [9.17, 15) is 4.79 Å². The molecular weight excluding hydrogens is 440 g/mol. The van der Waals surface area contributed by atoms with Gasteiger partial charge in [-0.2, -0.15) is 0 Å². The summed E-state index contributed by atoms with van der Waals surface area (Å²) < 4.78 is 25.3. The molecule has 0 amide bonds. The predicted molar refractivity (Wildman–Crippen MR) is 138 cm³/mol. The van der Waals surface area contributed by atoms with Gasteiger partial charge < -0.3 is 18.9 Å². The Morgan fingerprint density at radius 1 is 0.829 bits per heavy atom. The molecule has 0 aromatic heterocycles. The molecule has 1 heterocycles. The van der Waals surface area contributed by atoms with Crippen LogP contribution in [-0.4, -0.2) is 30.6 Å². The molecule has 0 unspecified atom stereocenters. The first-order valence-corrected chi connectivity index (χ1v) is 13.2. The molecule has 192 valence electrons. The zero-order valence-corrected chi connectivity index (χ0v) is 21.7. The standard InChI is InChI=1S/C30H42O5/c1-5-14-25(15-6-2)29(31)35-30-28(33-21-24-18-12-9-13-19-24)27(22(4)26(7-3)34-30)32-20-23-16-10-8-11-17-23/h8-13,16-19,22,25-28,30H,5-7,14-15,20-21H2,1-4H3/t22-,26-,27+,28-,30-/m1/s1. The Bertz CT molecular complexity index is 850. The third-order valence-electron chi connectivity index (χ3n) is 6.82. The molecule has 35 heavy (non-hydrogen) atoms. The van der Waals surface area contributed by atoms with Gasteiger partial charge >= 0.3 is 5.97 Å². The van der Waals surface area contributed by atoms with E-state index in [1.165, 1.54) is 0 Å². The van der Waals surface area contributed by atoms with Crippen LogP contribution in [-0.2, 0) is 37.0 Å². The minimum Gasteiger partial charge on any atom is -0.432 e. The van der Waals surface area contributed by atoms with Crippen LogP contribution in [0.25, 0.3) is 0 Å². The molecule has 0 spiro atoms. The van der Waals surface area contributed by atoms with Gasteiger partial charge in [0.1, 0.15) is 6.10 Å². The van der Waals surface area contributed by atoms with Crippen molar-refractivity contribution in [2.75, 3.05) is 0 Å². The molecule has 0 radical (unpaired) electrons. The largest absolute Gasteiger partial charge is 0.432 e. The van der Waals surface area contributed by atoms with Crippen molar-refractivity contribution in [1.29, 1.82) is 0 Å². The van der Waals surface area contributed by atoms with E-state index in [1.807, 2.05) is 48.5 Å². The van der Waals surface area contributed by atoms with Crippen molar-refractivity contribution in [3.8, 4) is 0 Å². The summed E-state index contributed by atoms with van der Waals surface area (Å²) in [5.74, 6) is -0.230. The Balaban J connectivity index is 1.82. The molecule has 1 aliphatic rings. The van der Waals surface area contributed by atoms with Gasteiger partial charge in [0.25, 0.3) is 0 Å². The van der Waals surface area contributed by atoms with Gasteiger partial charge in [0, 0.05) is 5.92 Å². The lowest BCUT2D eigenvalue weighted by molar-refractivity contribution is -0.296. The van der Waals surface area contributed by atoms with E-state index >= 15 is 0 Å². The van der Waals surface area contributed by atoms with Gasteiger partial charge in [0.2, 0.25) is 6.29 Å². The molecule has 0 bridgehead atoms. The van der Waals surface area contributed by atoms with Crippen LogP contribution in [0.1, 0.15) is 70.9 Å². The molecule has 2 aromatic carbocycles. The minimum atomic E-state index is -0.802. The fourth-order valence-electron chi connectivity index (χ4n) is 4.84. The molecule has 1 saturated heterocycles. The number of carbonyl (C=O) groups is 1. The Morgan fingerprint density at radius 2 is 1.34 bits per heavy atom. The molecule has 5 atom stereocenters. The van der Waals surface area contributed by atoms with E-state index in [-0.39, 0.29) is 30.0 Å². The maximum atomic E-state index is 13.2. The highest BCUT2D eigenvalue weighted by Gasteiger charge is 2.47. The summed E-state index contributed by atoms with van der Waals surface area (Å²) in [6, 6.07) is 20.2. The van der Waals surface area contributed by atoms with E-state index in [1.54, 1.807) is 0 Å². The Morgan fingerprint density at radius 3 is 1.83 bits per heavy atom. The van der Waals surface area contributed by atoms with Crippen molar-refractivity contribution in [3.05, 3.63) is 71.8 Å². The van der Waals surface area contributed by atoms with E-state index in [0.717, 1.165) is 43.2 Å². The molecule has 0 saturated carbocycles. The summed E-state index contributed by atoms with van der Waals surface area (Å²) in [5, 5.41) is 0. The van der Waals surface area contributed by atoms with Crippen molar-refractivity contribution in [3.63, 3.8) is 0 Å². The number of hydrogen-bond acceptors (Lipinski definition) is 5. The molecule has 1 fully saturated rings. The Hall–Kier alpha value is -2.21. The highest BCUT2D eigenvalue weighted by atomic mass is 16.7. The summed E-state index contributed by atoms with van der Waals surface area (Å²) in [5.41, 5.74) is 2.15. The maximum absolute atomic E-state index is 13.2. The van der Waals surface area contributed by atoms with Crippen LogP contribution in [0.4, 0.5) is 0 Å². The average molecular weight is 483 g/mol. The van der Waals surface area contributed by atoms with Gasteiger partial charge in [-0.1, -0.05) is 101 Å². The third kappa shape index (κ3) is 7.89. The molecule has 5 heteroatoms. The number of ether oxygens (including phenoxy) is 4. The summed E-state index contributed by atoms with van der Waals surface area (Å²) in [6.45, 7) is 9.29. The van der Waals surface area contributed by atoms with Crippen molar-refractivity contribution in [2.45, 2.75) is 97.6 Å². The Kier molecular flexibility index (Phi) is 11.2. The maximum Gasteiger partial charge on any atom is 0.311 e. The monoisotopic (exact) mass is 482 g/mol. The van der Waals surface area contributed by atoms with Gasteiger partial charge in [0.15, 0.2) is 0 Å². The molecule has 1 aliphatic heterocycles. The molecule has 0 aliphatic carbocycles. The van der Waals surface area contributed by atoms with Crippen molar-refractivity contribution in [1.82, 2.24) is 0 Å². The molecular formula is C30H42O5. The zero-order chi connectivity index (χ0) is 25.0. The SMILES string of the molecule is CCCC(CCC)C(=O)O[C@H]1O[C@H](CC)[C@@H](C)[C@H](OCc2ccccc2)[C@H]1OCc1ccccc1. The van der Waals surface area contributed by atoms with Gasteiger partial charge in [-0.3, -0.25) is 4.79 Å². The molecule has 5 nitrogen and oxygen atoms in total. The minimum absolute atomic E-state index is 0.0825. The van der Waals surface area contributed by atoms with Crippen LogP contribution in [0.2, 0.25) is 0 Å². The van der Waals surface area contributed by atoms with E-state index in [4.69, 9.17) is 18.9 Å². The van der Waals surface area contributed by atoms with Gasteiger partial charge in [-0.05, 0) is 30.4 Å². The fraction of sp³-hybridized carbons (Fsp3) is 0.567. The second-order valence-corrected chi connectivity index (χ2v) is 9.54. The second kappa shape index (κ2) is 14.4. The summed E-state index contributed by atoms with van der Waals surface area (Å²) >= 11 is 0. The van der Waals surface area contributed by atoms with Crippen LogP contribution in [0, 0.1) is 11.8 Å². The lowest BCUT2D eigenvalue weighted by atomic mass is 9.88. The Labute approximate surface area is 211 Å². The molecule has 3 rings (SSSR count). The summed E-state index contributed by atoms with van der Waals surface area (Å²) in [4.78, 5) is 13.2. The third-order valence-corrected chi connectivity index (χ3v) is 6.82. The van der Waals surface area contributed by atoms with Crippen molar-refractivity contribution in [2.24, 2.45) is 11.8 Å². The van der Waals surface area contributed by atoms with Crippen LogP contribution < -0.4 is 0 Å². The number of rotatable bonds is 13. The first-order chi connectivity index (χ1) is 17.1. The first-order valence-electron chi connectivity index (χ1n) is 13.2. The summed E-state index contributed by atoms with van der Waals surface area (Å²) in [6.07, 6.45) is 2.64. The smallest absolute Gasteiger partial charge is 0.311 e. The van der Waals surface area contributed by atoms with Crippen molar-refractivity contribution >= 4 is 5.97 Å². The lowest BCUT2D eigenvalue weighted by Crippen LogP contribution is -2.57. The van der Waals surface area contributed by atoms with E-state index in [2.05, 4.69) is 39.8 Å². The molecule has 2 aromatic rings. The zero-order valence-electron chi connectivity index (χ0n) is 21.7. The fourth-order valence-corrected chi connectivity index (χ4v) is 4.84. The number of carbonyl (C=O) groups excluding carboxylic acids is 1. The van der Waals surface area contributed by atoms with E-state index in [0.29, 0.717) is 13.2 Å². The van der Waals surface area contributed by atoms with Crippen LogP contribution in [0.5, 0.6) is 0 Å². The van der Waals surface area contributed by atoms with Gasteiger partial charge in [-0.15, -0.1) is 0 Å². The number of esters is 1. The van der Waals surface area contributed by atoms with Crippen molar-refractivity contribution < 1.29 is 23.7 Å². The van der Waals surface area contributed by atoms with Gasteiger partial charge in [0.05, 0.1) is 31.3 Å². The van der Waals surface area contributed by atoms with Crippen LogP contribution in [0.15, 0.2) is 60.7 Å². The first kappa shape index (κ1) is 27.4. The second-order valence-electron chi connectivity index (χ2n) is 9.54.